The Morgan fingerprint density at radius 1 is 1.11 bits per heavy atom. The van der Waals surface area contributed by atoms with Crippen molar-refractivity contribution in [3.63, 3.8) is 0 Å². The Labute approximate surface area is 162 Å². The van der Waals surface area contributed by atoms with Gasteiger partial charge in [-0.15, -0.1) is 0 Å². The lowest BCUT2D eigenvalue weighted by atomic mass is 9.80. The first-order chi connectivity index (χ1) is 13.1. The van der Waals surface area contributed by atoms with Crippen molar-refractivity contribution in [3.05, 3.63) is 52.8 Å². The Morgan fingerprint density at radius 3 is 2.25 bits per heavy atom. The van der Waals surface area contributed by atoms with Gasteiger partial charge in [0.05, 0.1) is 11.1 Å². The molecule has 1 aromatic carbocycles. The number of amides is 1. The highest BCUT2D eigenvalue weighted by atomic mass is 19.4. The molecule has 150 valence electrons. The number of anilines is 1. The van der Waals surface area contributed by atoms with Crippen molar-refractivity contribution in [2.75, 3.05) is 18.0 Å². The highest BCUT2D eigenvalue weighted by molar-refractivity contribution is 5.74. The molecule has 1 fully saturated rings. The van der Waals surface area contributed by atoms with Crippen LogP contribution in [0.2, 0.25) is 0 Å². The molecule has 0 unspecified atom stereocenters. The average molecular weight is 392 g/mol. The molecule has 2 heterocycles. The minimum atomic E-state index is -4.43. The van der Waals surface area contributed by atoms with Crippen LogP contribution in [0.25, 0.3) is 0 Å². The molecule has 28 heavy (non-hydrogen) atoms. The summed E-state index contributed by atoms with van der Waals surface area (Å²) in [4.78, 5) is 22.8. The van der Waals surface area contributed by atoms with Crippen molar-refractivity contribution in [2.45, 2.75) is 45.3 Å². The van der Waals surface area contributed by atoms with Crippen LogP contribution in [0.15, 0.2) is 30.3 Å². The summed E-state index contributed by atoms with van der Waals surface area (Å²) in [5.41, 5.74) is 0.633. The van der Waals surface area contributed by atoms with Crippen LogP contribution in [-0.4, -0.2) is 29.0 Å². The summed E-state index contributed by atoms with van der Waals surface area (Å²) in [6, 6.07) is 7.11. The van der Waals surface area contributed by atoms with Gasteiger partial charge in [-0.3, -0.25) is 4.79 Å². The summed E-state index contributed by atoms with van der Waals surface area (Å²) in [6.07, 6.45) is -3.50. The van der Waals surface area contributed by atoms with Gasteiger partial charge in [-0.05, 0) is 50.5 Å². The molecule has 1 aromatic heterocycles. The largest absolute Gasteiger partial charge is 0.416 e. The van der Waals surface area contributed by atoms with Gasteiger partial charge >= 0.3 is 6.18 Å². The second-order valence-electron chi connectivity index (χ2n) is 7.28. The van der Waals surface area contributed by atoms with Crippen LogP contribution >= 0.6 is 0 Å². The van der Waals surface area contributed by atoms with Crippen molar-refractivity contribution in [2.24, 2.45) is 0 Å². The van der Waals surface area contributed by atoms with Crippen LogP contribution in [0.5, 0.6) is 0 Å². The molecule has 2 aromatic rings. The number of alkyl halides is 3. The van der Waals surface area contributed by atoms with Crippen LogP contribution in [0.1, 0.15) is 42.3 Å². The molecule has 1 aliphatic rings. The number of halogens is 3. The minimum absolute atomic E-state index is 0.270. The van der Waals surface area contributed by atoms with Gasteiger partial charge < -0.3 is 10.2 Å². The monoisotopic (exact) mass is 392 g/mol. The molecule has 0 spiro atoms. The molecule has 0 radical (unpaired) electrons. The number of aromatic nitrogens is 2. The van der Waals surface area contributed by atoms with Gasteiger partial charge in [0.2, 0.25) is 11.9 Å². The molecule has 0 saturated carbocycles. The summed E-state index contributed by atoms with van der Waals surface area (Å²) in [6.45, 7) is 6.23. The highest BCUT2D eigenvalue weighted by Gasteiger charge is 2.39. The van der Waals surface area contributed by atoms with Gasteiger partial charge in [0.1, 0.15) is 0 Å². The maximum Gasteiger partial charge on any atom is 0.416 e. The smallest absolute Gasteiger partial charge is 0.347 e. The Bertz CT molecular complexity index is 854. The van der Waals surface area contributed by atoms with Crippen molar-refractivity contribution in [3.8, 4) is 0 Å². The Morgan fingerprint density at radius 2 is 1.71 bits per heavy atom. The third-order valence-electron chi connectivity index (χ3n) is 5.03. The summed E-state index contributed by atoms with van der Waals surface area (Å²) in [5.74, 6) is 0.339. The lowest BCUT2D eigenvalue weighted by Crippen LogP contribution is -2.53. The van der Waals surface area contributed by atoms with E-state index in [-0.39, 0.29) is 5.91 Å². The number of hydrogen-bond donors (Lipinski definition) is 1. The topological polar surface area (TPSA) is 58.1 Å². The lowest BCUT2D eigenvalue weighted by molar-refractivity contribution is -0.137. The molecule has 3 rings (SSSR count). The summed E-state index contributed by atoms with van der Waals surface area (Å²) in [5, 5.41) is 2.91. The van der Waals surface area contributed by atoms with Crippen LogP contribution in [0.3, 0.4) is 0 Å². The fraction of sp³-hybridized carbons (Fsp3) is 0.450. The van der Waals surface area contributed by atoms with E-state index >= 15 is 0 Å². The number of hydrogen-bond acceptors (Lipinski definition) is 4. The normalized spacial score (nSPS) is 16.7. The Hall–Kier alpha value is -2.64. The summed E-state index contributed by atoms with van der Waals surface area (Å²) >= 11 is 0. The van der Waals surface area contributed by atoms with Crippen LogP contribution < -0.4 is 10.2 Å². The third kappa shape index (κ3) is 4.26. The molecule has 0 atom stereocenters. The van der Waals surface area contributed by atoms with Crippen molar-refractivity contribution in [1.29, 1.82) is 0 Å². The van der Waals surface area contributed by atoms with Crippen LogP contribution in [0.4, 0.5) is 19.1 Å². The van der Waals surface area contributed by atoms with E-state index in [9.17, 15) is 18.0 Å². The van der Waals surface area contributed by atoms with E-state index < -0.39 is 17.3 Å². The van der Waals surface area contributed by atoms with Crippen molar-refractivity contribution < 1.29 is 18.0 Å². The number of rotatable bonds is 3. The van der Waals surface area contributed by atoms with Crippen molar-refractivity contribution >= 4 is 11.9 Å². The molecule has 8 heteroatoms. The first-order valence-corrected chi connectivity index (χ1v) is 9.13. The zero-order valence-electron chi connectivity index (χ0n) is 16.1. The first kappa shape index (κ1) is 20.1. The van der Waals surface area contributed by atoms with Gasteiger partial charge in [-0.25, -0.2) is 9.97 Å². The number of benzene rings is 1. The molecule has 0 bridgehead atoms. The van der Waals surface area contributed by atoms with Gasteiger partial charge in [-0.2, -0.15) is 13.2 Å². The number of nitrogens with zero attached hydrogens (tertiary/aromatic N) is 3. The predicted octanol–water partition coefficient (Wildman–Crippen LogP) is 3.74. The Kier molecular flexibility index (Phi) is 5.32. The first-order valence-electron chi connectivity index (χ1n) is 9.13. The molecule has 0 aliphatic carbocycles. The predicted molar refractivity (Wildman–Crippen MR) is 99.9 cm³/mol. The molecule has 1 saturated heterocycles. The molecule has 1 aliphatic heterocycles. The van der Waals surface area contributed by atoms with Crippen molar-refractivity contribution in [1.82, 2.24) is 15.3 Å². The third-order valence-corrected chi connectivity index (χ3v) is 5.03. The maximum absolute atomic E-state index is 13.2. The van der Waals surface area contributed by atoms with Gasteiger partial charge in [0.15, 0.2) is 0 Å². The van der Waals surface area contributed by atoms with Gasteiger partial charge in [0, 0.05) is 31.4 Å². The van der Waals surface area contributed by atoms with Crippen LogP contribution in [-0.2, 0) is 16.5 Å². The number of carbonyl (C=O) groups excluding carboxylic acids is 1. The number of piperidine rings is 1. The molecule has 1 N–H and O–H groups in total. The quantitative estimate of drug-likeness (QED) is 0.865. The molecular weight excluding hydrogens is 369 g/mol. The number of carbonyl (C=O) groups is 1. The maximum atomic E-state index is 13.2. The SMILES string of the molecule is CC(=O)NC1(c2cccc(C(F)(F)F)c2)CCN(c2nc(C)cc(C)n2)CC1. The van der Waals surface area contributed by atoms with Gasteiger partial charge in [0.25, 0.3) is 0 Å². The van der Waals surface area contributed by atoms with E-state index in [1.54, 1.807) is 6.07 Å². The minimum Gasteiger partial charge on any atom is -0.347 e. The highest BCUT2D eigenvalue weighted by Crippen LogP contribution is 2.37. The lowest BCUT2D eigenvalue weighted by Gasteiger charge is -2.43. The summed E-state index contributed by atoms with van der Waals surface area (Å²) in [7, 11) is 0. The zero-order valence-corrected chi connectivity index (χ0v) is 16.1. The van der Waals surface area contributed by atoms with E-state index in [0.717, 1.165) is 23.5 Å². The van der Waals surface area contributed by atoms with E-state index in [1.165, 1.54) is 13.0 Å². The molecule has 1 amide bonds. The average Bonchev–Trinajstić information content (AvgIpc) is 2.60. The second kappa shape index (κ2) is 7.41. The fourth-order valence-electron chi connectivity index (χ4n) is 3.75. The number of aryl methyl sites for hydroxylation is 2. The Balaban J connectivity index is 1.90. The van der Waals surface area contributed by atoms with E-state index in [0.29, 0.717) is 37.4 Å². The standard InChI is InChI=1S/C20H23F3N4O/c1-13-11-14(2)25-18(24-13)27-9-7-19(8-10-27,26-15(3)28)16-5-4-6-17(12-16)20(21,22)23/h4-6,11-12H,7-10H2,1-3H3,(H,26,28). The van der Waals surface area contributed by atoms with Gasteiger partial charge in [-0.1, -0.05) is 12.1 Å². The second-order valence-corrected chi connectivity index (χ2v) is 7.28. The zero-order chi connectivity index (χ0) is 20.5. The number of nitrogens with one attached hydrogen (secondary N) is 1. The van der Waals surface area contributed by atoms with E-state index in [1.807, 2.05) is 24.8 Å². The fourth-order valence-corrected chi connectivity index (χ4v) is 3.75. The molecule has 5 nitrogen and oxygen atoms in total. The summed E-state index contributed by atoms with van der Waals surface area (Å²) < 4.78 is 39.5. The molecular formula is C20H23F3N4O. The van der Waals surface area contributed by atoms with E-state index in [2.05, 4.69) is 15.3 Å². The van der Waals surface area contributed by atoms with E-state index in [4.69, 9.17) is 0 Å². The van der Waals surface area contributed by atoms with Crippen LogP contribution in [0, 0.1) is 13.8 Å².